The van der Waals surface area contributed by atoms with E-state index in [4.69, 9.17) is 5.11 Å². The van der Waals surface area contributed by atoms with Gasteiger partial charge in [-0.3, -0.25) is 4.79 Å². The Morgan fingerprint density at radius 1 is 0.759 bits per heavy atom. The van der Waals surface area contributed by atoms with E-state index in [1.807, 2.05) is 0 Å². The molecule has 1 fully saturated rings. The Hall–Kier alpha value is -0.630. The molecule has 0 bridgehead atoms. The summed E-state index contributed by atoms with van der Waals surface area (Å²) in [6, 6.07) is 0. The summed E-state index contributed by atoms with van der Waals surface area (Å²) in [6.45, 7) is 9.42. The number of unbranched alkanes of at least 4 members (excludes halogenated alkanes) is 4. The van der Waals surface area contributed by atoms with Gasteiger partial charge in [0.05, 0.1) is 30.6 Å². The number of carbonyl (C=O) groups excluding carboxylic acids is 1. The maximum Gasteiger partial charge on any atom is 0.307 e. The van der Waals surface area contributed by atoms with Gasteiger partial charge in [-0.1, -0.05) is 66.2 Å². The van der Waals surface area contributed by atoms with Gasteiger partial charge >= 0.3 is 5.97 Å². The van der Waals surface area contributed by atoms with Crippen molar-refractivity contribution in [3.8, 4) is 0 Å². The monoisotopic (exact) mass is 430 g/mol. The van der Waals surface area contributed by atoms with Gasteiger partial charge < -0.3 is 15.0 Å². The van der Waals surface area contributed by atoms with Crippen molar-refractivity contribution in [2.45, 2.75) is 105 Å². The molecule has 0 radical (unpaired) electrons. The topological polar surface area (TPSA) is 77.4 Å². The van der Waals surface area contributed by atoms with Crippen LogP contribution in [0.2, 0.25) is 0 Å². The van der Waals surface area contributed by atoms with Crippen LogP contribution in [0.1, 0.15) is 105 Å². The zero-order valence-corrected chi connectivity index (χ0v) is 20.5. The molecule has 1 aliphatic rings. The van der Waals surface area contributed by atoms with Crippen LogP contribution in [0, 0.1) is 11.8 Å². The fraction of sp³-hybridized carbons (Fsp3) is 0.917. The van der Waals surface area contributed by atoms with Crippen molar-refractivity contribution in [3.63, 3.8) is 0 Å². The number of carbonyl (C=O) groups is 2. The van der Waals surface area contributed by atoms with E-state index in [-0.39, 0.29) is 0 Å². The van der Waals surface area contributed by atoms with E-state index in [1.165, 1.54) is 51.4 Å². The first kappa shape index (κ1) is 28.4. The van der Waals surface area contributed by atoms with Crippen molar-refractivity contribution in [1.29, 1.82) is 0 Å². The van der Waals surface area contributed by atoms with Crippen LogP contribution in [0.3, 0.4) is 0 Å². The van der Waals surface area contributed by atoms with Crippen LogP contribution in [0.25, 0.3) is 0 Å². The number of rotatable bonds is 14. The van der Waals surface area contributed by atoms with Crippen molar-refractivity contribution < 1.29 is 19.8 Å². The van der Waals surface area contributed by atoms with Gasteiger partial charge in [0.2, 0.25) is 0 Å². The van der Waals surface area contributed by atoms with Crippen molar-refractivity contribution >= 4 is 19.2 Å². The Labute approximate surface area is 180 Å². The van der Waals surface area contributed by atoms with Crippen LogP contribution in [-0.4, -0.2) is 41.7 Å². The second-order valence-electron chi connectivity index (χ2n) is 8.80. The molecule has 2 atom stereocenters. The van der Waals surface area contributed by atoms with E-state index < -0.39 is 31.0 Å². The smallest absolute Gasteiger partial charge is 0.307 e. The van der Waals surface area contributed by atoms with Crippen LogP contribution in [-0.2, 0) is 9.59 Å². The third-order valence-corrected chi connectivity index (χ3v) is 11.4. The first-order valence-electron chi connectivity index (χ1n) is 12.2. The van der Waals surface area contributed by atoms with E-state index in [2.05, 4.69) is 27.7 Å². The summed E-state index contributed by atoms with van der Waals surface area (Å²) < 4.78 is 0. The maximum atomic E-state index is 10.6. The molecular formula is C24H47O4P. The molecule has 0 aliphatic heterocycles. The minimum atomic E-state index is -1.22. The molecule has 1 N–H and O–H groups in total. The number of hydrogen-bond acceptors (Lipinski definition) is 3. The van der Waals surface area contributed by atoms with Gasteiger partial charge in [-0.2, -0.15) is 0 Å². The molecular weight excluding hydrogens is 383 g/mol. The number of carboxylic acids is 2. The molecule has 2 unspecified atom stereocenters. The fourth-order valence-corrected chi connectivity index (χ4v) is 9.64. The Kier molecular flexibility index (Phi) is 16.7. The molecule has 5 heteroatoms. The van der Waals surface area contributed by atoms with Gasteiger partial charge in [0.15, 0.2) is 0 Å². The van der Waals surface area contributed by atoms with Crippen LogP contribution in [0.15, 0.2) is 0 Å². The van der Waals surface area contributed by atoms with Gasteiger partial charge in [0.1, 0.15) is 0 Å². The molecule has 1 saturated carbocycles. The third kappa shape index (κ3) is 12.0. The standard InChI is InChI=1S/C16H36P.C8H12O4/c1-5-9-13-17(14-10-6-2,15-11-7-3)16-12-8-4;9-7(10)5-3-1-2-4-6(5)8(11)12/h5-16H2,1-4H3;5-6H,1-4H2,(H,9,10)(H,11,12)/q+1;/p-1. The zero-order valence-electron chi connectivity index (χ0n) is 19.6. The quantitative estimate of drug-likeness (QED) is 0.352. The first-order chi connectivity index (χ1) is 13.9. The number of carboxylic acid groups (broad SMARTS) is 2. The molecule has 0 heterocycles. The maximum absolute atomic E-state index is 10.6. The lowest BCUT2D eigenvalue weighted by atomic mass is 9.79. The summed E-state index contributed by atoms with van der Waals surface area (Å²) >= 11 is 0. The Balaban J connectivity index is 0.000000571. The second-order valence-corrected chi connectivity index (χ2v) is 13.3. The highest BCUT2D eigenvalue weighted by atomic mass is 31.2. The lowest BCUT2D eigenvalue weighted by Gasteiger charge is -2.28. The largest absolute Gasteiger partial charge is 0.550 e. The summed E-state index contributed by atoms with van der Waals surface area (Å²) in [6.07, 6.45) is 20.5. The summed E-state index contributed by atoms with van der Waals surface area (Å²) in [4.78, 5) is 21.1. The third-order valence-electron chi connectivity index (χ3n) is 6.33. The molecule has 0 aromatic heterocycles. The molecule has 0 saturated heterocycles. The molecule has 172 valence electrons. The normalized spacial score (nSPS) is 19.3. The molecule has 0 spiro atoms. The van der Waals surface area contributed by atoms with Gasteiger partial charge in [-0.15, -0.1) is 0 Å². The van der Waals surface area contributed by atoms with Crippen LogP contribution in [0.4, 0.5) is 0 Å². The minimum absolute atomic E-state index is 0.444. The van der Waals surface area contributed by atoms with Gasteiger partial charge in [-0.05, 0) is 38.5 Å². The lowest BCUT2D eigenvalue weighted by Crippen LogP contribution is -2.40. The molecule has 1 aliphatic carbocycles. The Morgan fingerprint density at radius 2 is 1.10 bits per heavy atom. The highest BCUT2D eigenvalue weighted by Crippen LogP contribution is 2.61. The van der Waals surface area contributed by atoms with Gasteiger partial charge in [-0.25, -0.2) is 0 Å². The number of hydrogen-bond donors (Lipinski definition) is 1. The fourth-order valence-electron chi connectivity index (χ4n) is 4.35. The summed E-state index contributed by atoms with van der Waals surface area (Å²) in [5, 5.41) is 19.2. The molecule has 1 rings (SSSR count). The van der Waals surface area contributed by atoms with Crippen molar-refractivity contribution in [3.05, 3.63) is 0 Å². The van der Waals surface area contributed by atoms with E-state index in [9.17, 15) is 14.7 Å². The van der Waals surface area contributed by atoms with Gasteiger partial charge in [0.25, 0.3) is 0 Å². The van der Waals surface area contributed by atoms with Crippen molar-refractivity contribution in [1.82, 2.24) is 0 Å². The van der Waals surface area contributed by atoms with Crippen molar-refractivity contribution in [2.24, 2.45) is 11.8 Å². The van der Waals surface area contributed by atoms with E-state index in [0.717, 1.165) is 12.8 Å². The number of aliphatic carboxylic acids is 2. The van der Waals surface area contributed by atoms with Crippen molar-refractivity contribution in [2.75, 3.05) is 24.6 Å². The van der Waals surface area contributed by atoms with Crippen LogP contribution < -0.4 is 5.11 Å². The lowest BCUT2D eigenvalue weighted by molar-refractivity contribution is -0.314. The van der Waals surface area contributed by atoms with E-state index in [1.54, 1.807) is 24.6 Å². The Bertz CT molecular complexity index is 379. The molecule has 0 aromatic rings. The van der Waals surface area contributed by atoms with Crippen LogP contribution in [0.5, 0.6) is 0 Å². The highest BCUT2D eigenvalue weighted by Gasteiger charge is 2.34. The van der Waals surface area contributed by atoms with Crippen LogP contribution >= 0.6 is 7.26 Å². The molecule has 0 amide bonds. The summed E-state index contributed by atoms with van der Waals surface area (Å²) in [5.74, 6) is -3.74. The summed E-state index contributed by atoms with van der Waals surface area (Å²) in [7, 11) is -0.562. The second kappa shape index (κ2) is 17.1. The first-order valence-corrected chi connectivity index (χ1v) is 14.7. The average Bonchev–Trinajstić information content (AvgIpc) is 2.73. The van der Waals surface area contributed by atoms with E-state index >= 15 is 0 Å². The molecule has 29 heavy (non-hydrogen) atoms. The Morgan fingerprint density at radius 3 is 1.34 bits per heavy atom. The van der Waals surface area contributed by atoms with E-state index in [0.29, 0.717) is 12.8 Å². The molecule has 0 aromatic carbocycles. The highest BCUT2D eigenvalue weighted by molar-refractivity contribution is 7.75. The predicted molar refractivity (Wildman–Crippen MR) is 124 cm³/mol. The predicted octanol–water partition coefficient (Wildman–Crippen LogP) is 5.83. The average molecular weight is 431 g/mol. The SMILES string of the molecule is CCCC[P+](CCCC)(CCCC)CCCC.O=C([O-])C1CCCCC1C(=O)O. The minimum Gasteiger partial charge on any atom is -0.550 e. The van der Waals surface area contributed by atoms with Gasteiger partial charge in [0, 0.05) is 19.1 Å². The summed E-state index contributed by atoms with van der Waals surface area (Å²) in [5.41, 5.74) is 0. The zero-order chi connectivity index (χ0) is 22.1. The molecule has 4 nitrogen and oxygen atoms in total.